The average Bonchev–Trinajstić information content (AvgIpc) is 3.31. The number of rotatable bonds is 3. The number of hydrogen-bond acceptors (Lipinski definition) is 5. The minimum atomic E-state index is -3.70. The van der Waals surface area contributed by atoms with Gasteiger partial charge in [0, 0.05) is 17.5 Å². The largest absolute Gasteiger partial charge is 0.294 e. The van der Waals surface area contributed by atoms with Crippen LogP contribution in [0.2, 0.25) is 0 Å². The third-order valence-corrected chi connectivity index (χ3v) is 8.54. The van der Waals surface area contributed by atoms with Crippen LogP contribution in [0.1, 0.15) is 12.7 Å². The van der Waals surface area contributed by atoms with Crippen LogP contribution < -0.4 is 0 Å². The SMILES string of the molecule is CCc1nc2c(-c3nc4ccccc4nc3-c3ccccc3)ccc3c2n1-c1ccccc1S3(=O)=O. The lowest BCUT2D eigenvalue weighted by atomic mass is 10.0. The summed E-state index contributed by atoms with van der Waals surface area (Å²) in [7, 11) is -3.70. The Labute approximate surface area is 207 Å². The Balaban J connectivity index is 1.62. The van der Waals surface area contributed by atoms with Crippen molar-refractivity contribution in [2.45, 2.75) is 23.1 Å². The van der Waals surface area contributed by atoms with Gasteiger partial charge in [-0.2, -0.15) is 0 Å². The van der Waals surface area contributed by atoms with Crippen LogP contribution in [0.5, 0.6) is 0 Å². The van der Waals surface area contributed by atoms with Crippen molar-refractivity contribution in [1.29, 1.82) is 0 Å². The van der Waals surface area contributed by atoms with Crippen LogP contribution in [0.15, 0.2) is 101 Å². The molecule has 6 aromatic rings. The van der Waals surface area contributed by atoms with Gasteiger partial charge in [0.15, 0.2) is 0 Å². The van der Waals surface area contributed by atoms with Crippen molar-refractivity contribution in [3.63, 3.8) is 0 Å². The maximum atomic E-state index is 13.6. The minimum Gasteiger partial charge on any atom is -0.294 e. The summed E-state index contributed by atoms with van der Waals surface area (Å²) in [6.45, 7) is 2.03. The molecule has 0 spiro atoms. The fourth-order valence-electron chi connectivity index (χ4n) is 5.08. The Morgan fingerprint density at radius 1 is 0.694 bits per heavy atom. The van der Waals surface area contributed by atoms with Crippen LogP contribution in [0.25, 0.3) is 50.3 Å². The molecule has 6 nitrogen and oxygen atoms in total. The molecule has 0 amide bonds. The van der Waals surface area contributed by atoms with Gasteiger partial charge in [0.05, 0.1) is 48.9 Å². The predicted molar refractivity (Wildman–Crippen MR) is 140 cm³/mol. The maximum Gasteiger partial charge on any atom is 0.210 e. The van der Waals surface area contributed by atoms with E-state index in [4.69, 9.17) is 15.0 Å². The molecule has 174 valence electrons. The van der Waals surface area contributed by atoms with Gasteiger partial charge in [-0.1, -0.05) is 61.5 Å². The number of hydrogen-bond donors (Lipinski definition) is 0. The topological polar surface area (TPSA) is 77.7 Å². The average molecular weight is 489 g/mol. The lowest BCUT2D eigenvalue weighted by molar-refractivity contribution is 0.594. The van der Waals surface area contributed by atoms with Gasteiger partial charge in [-0.15, -0.1) is 0 Å². The molecule has 0 saturated heterocycles. The predicted octanol–water partition coefficient (Wildman–Crippen LogP) is 6.01. The summed E-state index contributed by atoms with van der Waals surface area (Å²) in [5, 5.41) is 0. The molecule has 4 aromatic carbocycles. The molecule has 7 heteroatoms. The van der Waals surface area contributed by atoms with E-state index in [-0.39, 0.29) is 4.90 Å². The van der Waals surface area contributed by atoms with Gasteiger partial charge in [0.25, 0.3) is 0 Å². The molecule has 36 heavy (non-hydrogen) atoms. The smallest absolute Gasteiger partial charge is 0.210 e. The van der Waals surface area contributed by atoms with E-state index < -0.39 is 9.84 Å². The van der Waals surface area contributed by atoms with Crippen molar-refractivity contribution in [2.75, 3.05) is 0 Å². The Hall–Kier alpha value is -4.36. The molecule has 7 rings (SSSR count). The van der Waals surface area contributed by atoms with E-state index in [1.807, 2.05) is 84.3 Å². The third-order valence-electron chi connectivity index (χ3n) is 6.71. The first-order chi connectivity index (χ1) is 17.6. The third kappa shape index (κ3) is 2.83. The first kappa shape index (κ1) is 21.0. The van der Waals surface area contributed by atoms with E-state index in [9.17, 15) is 8.42 Å². The molecule has 0 atom stereocenters. The summed E-state index contributed by atoms with van der Waals surface area (Å²) in [4.78, 5) is 15.6. The maximum absolute atomic E-state index is 13.6. The van der Waals surface area contributed by atoms with Crippen LogP contribution in [0.3, 0.4) is 0 Å². The Morgan fingerprint density at radius 3 is 2.11 bits per heavy atom. The van der Waals surface area contributed by atoms with Crippen molar-refractivity contribution in [3.05, 3.63) is 96.8 Å². The number of benzene rings is 4. The van der Waals surface area contributed by atoms with E-state index >= 15 is 0 Å². The van der Waals surface area contributed by atoms with E-state index in [1.54, 1.807) is 18.2 Å². The molecule has 0 saturated carbocycles. The standard InChI is InChI=1S/C29H20N4O2S/c1-2-25-32-28-19(16-17-24-29(28)33(25)22-14-8-9-15-23(22)36(24,34)35)27-26(18-10-4-3-5-11-18)30-20-12-6-7-13-21(20)31-27/h3-17H,2H2,1H3. The summed E-state index contributed by atoms with van der Waals surface area (Å²) in [6, 6.07) is 28.3. The molecule has 0 N–H and O–H groups in total. The quantitative estimate of drug-likeness (QED) is 0.304. The van der Waals surface area contributed by atoms with Crippen molar-refractivity contribution >= 4 is 31.9 Å². The first-order valence-electron chi connectivity index (χ1n) is 11.8. The Bertz CT molecular complexity index is 1940. The molecule has 0 aliphatic carbocycles. The molecule has 0 bridgehead atoms. The first-order valence-corrected chi connectivity index (χ1v) is 13.3. The van der Waals surface area contributed by atoms with Crippen LogP contribution in [0.4, 0.5) is 0 Å². The molecular weight excluding hydrogens is 468 g/mol. The van der Waals surface area contributed by atoms with Crippen LogP contribution in [-0.2, 0) is 16.3 Å². The fourth-order valence-corrected chi connectivity index (χ4v) is 6.69. The highest BCUT2D eigenvalue weighted by Crippen LogP contribution is 2.43. The summed E-state index contributed by atoms with van der Waals surface area (Å²) >= 11 is 0. The van der Waals surface area contributed by atoms with Crippen molar-refractivity contribution in [1.82, 2.24) is 19.5 Å². The Kier molecular flexibility index (Phi) is 4.41. The van der Waals surface area contributed by atoms with Gasteiger partial charge in [-0.05, 0) is 36.4 Å². The second-order valence-corrected chi connectivity index (χ2v) is 10.7. The number of para-hydroxylation sites is 3. The summed E-state index contributed by atoms with van der Waals surface area (Å²) in [5.41, 5.74) is 6.51. The van der Waals surface area contributed by atoms with Crippen LogP contribution >= 0.6 is 0 Å². The monoisotopic (exact) mass is 488 g/mol. The van der Waals surface area contributed by atoms with Gasteiger partial charge >= 0.3 is 0 Å². The highest BCUT2D eigenvalue weighted by Gasteiger charge is 2.34. The number of aromatic nitrogens is 4. The van der Waals surface area contributed by atoms with E-state index in [1.165, 1.54) is 0 Å². The summed E-state index contributed by atoms with van der Waals surface area (Å²) in [6.07, 6.45) is 0.650. The second kappa shape index (κ2) is 7.57. The molecule has 2 aromatic heterocycles. The molecule has 0 unspecified atom stereocenters. The molecule has 3 heterocycles. The highest BCUT2D eigenvalue weighted by atomic mass is 32.2. The summed E-state index contributed by atoms with van der Waals surface area (Å²) in [5.74, 6) is 0.802. The second-order valence-electron chi connectivity index (χ2n) is 8.77. The molecule has 0 fully saturated rings. The summed E-state index contributed by atoms with van der Waals surface area (Å²) < 4.78 is 29.2. The van der Waals surface area contributed by atoms with Gasteiger partial charge in [-0.25, -0.2) is 23.4 Å². The van der Waals surface area contributed by atoms with Crippen LogP contribution in [0, 0.1) is 0 Å². The lowest BCUT2D eigenvalue weighted by Gasteiger charge is -2.21. The number of fused-ring (bicyclic) bond motifs is 3. The van der Waals surface area contributed by atoms with E-state index in [2.05, 4.69) is 0 Å². The van der Waals surface area contributed by atoms with Crippen molar-refractivity contribution in [3.8, 4) is 28.2 Å². The number of nitrogens with zero attached hydrogens (tertiary/aromatic N) is 4. The molecule has 1 aliphatic heterocycles. The van der Waals surface area contributed by atoms with Crippen molar-refractivity contribution < 1.29 is 8.42 Å². The normalized spacial score (nSPS) is 13.7. The zero-order valence-corrected chi connectivity index (χ0v) is 20.2. The zero-order valence-electron chi connectivity index (χ0n) is 19.4. The number of imidazole rings is 1. The number of aryl methyl sites for hydroxylation is 1. The van der Waals surface area contributed by atoms with Gasteiger partial charge in [-0.3, -0.25) is 4.57 Å². The number of sulfone groups is 1. The van der Waals surface area contributed by atoms with Gasteiger partial charge < -0.3 is 0 Å². The van der Waals surface area contributed by atoms with E-state index in [0.717, 1.165) is 33.7 Å². The van der Waals surface area contributed by atoms with Gasteiger partial charge in [0.2, 0.25) is 9.84 Å². The minimum absolute atomic E-state index is 0.266. The molecule has 1 aliphatic rings. The fraction of sp³-hybridized carbons (Fsp3) is 0.0690. The lowest BCUT2D eigenvalue weighted by Crippen LogP contribution is -2.15. The Morgan fingerprint density at radius 2 is 1.36 bits per heavy atom. The van der Waals surface area contributed by atoms with E-state index in [0.29, 0.717) is 33.7 Å². The molecular formula is C29H20N4O2S. The zero-order chi connectivity index (χ0) is 24.4. The van der Waals surface area contributed by atoms with Crippen molar-refractivity contribution in [2.24, 2.45) is 0 Å². The molecule has 0 radical (unpaired) electrons. The van der Waals surface area contributed by atoms with Gasteiger partial charge in [0.1, 0.15) is 5.82 Å². The highest BCUT2D eigenvalue weighted by molar-refractivity contribution is 7.92. The van der Waals surface area contributed by atoms with Crippen LogP contribution in [-0.4, -0.2) is 27.9 Å².